The zero-order chi connectivity index (χ0) is 14.9. The first-order valence-corrected chi connectivity index (χ1v) is 6.25. The summed E-state index contributed by atoms with van der Waals surface area (Å²) in [7, 11) is 0. The summed E-state index contributed by atoms with van der Waals surface area (Å²) in [6, 6.07) is 0.320. The molecule has 10 heteroatoms. The molecule has 0 bridgehead atoms. The van der Waals surface area contributed by atoms with Crippen molar-refractivity contribution >= 4 is 34.3 Å². The van der Waals surface area contributed by atoms with E-state index in [9.17, 15) is 23.3 Å². The van der Waals surface area contributed by atoms with Crippen LogP contribution in [0.5, 0.6) is 0 Å². The number of thiazole rings is 1. The summed E-state index contributed by atoms with van der Waals surface area (Å²) in [6.45, 7) is -0.0623. The minimum Gasteiger partial charge on any atom is -0.372 e. The van der Waals surface area contributed by atoms with Crippen molar-refractivity contribution in [2.75, 3.05) is 5.32 Å². The Kier molecular flexibility index (Phi) is 4.09. The zero-order valence-corrected chi connectivity index (χ0v) is 11.1. The third-order valence-electron chi connectivity index (χ3n) is 2.30. The predicted molar refractivity (Wildman–Crippen MR) is 67.4 cm³/mol. The summed E-state index contributed by atoms with van der Waals surface area (Å²) in [5, 5.41) is 13.1. The van der Waals surface area contributed by atoms with Gasteiger partial charge in [-0.25, -0.2) is 18.2 Å². The number of nitrogens with zero attached hydrogens (tertiary/aromatic N) is 2. The van der Waals surface area contributed by atoms with Crippen LogP contribution in [0.15, 0.2) is 12.3 Å². The van der Waals surface area contributed by atoms with Crippen molar-refractivity contribution < 1.29 is 18.1 Å². The van der Waals surface area contributed by atoms with Crippen LogP contribution in [0.4, 0.5) is 24.5 Å². The van der Waals surface area contributed by atoms with Gasteiger partial charge in [0.1, 0.15) is 0 Å². The van der Waals surface area contributed by atoms with Crippen LogP contribution in [-0.4, -0.2) is 9.91 Å². The molecule has 0 unspecified atom stereocenters. The van der Waals surface area contributed by atoms with Crippen molar-refractivity contribution in [3.63, 3.8) is 0 Å². The minimum atomic E-state index is -1.78. The molecule has 1 aromatic heterocycles. The SMILES string of the molecule is O=[N+]([O-])c1cc(F)c(F)c(F)c1NCc1cnc(Cl)s1. The zero-order valence-electron chi connectivity index (χ0n) is 9.49. The summed E-state index contributed by atoms with van der Waals surface area (Å²) < 4.78 is 39.9. The molecule has 0 saturated carbocycles. The molecule has 0 radical (unpaired) electrons. The molecule has 0 spiro atoms. The molecule has 0 aliphatic rings. The van der Waals surface area contributed by atoms with Crippen molar-refractivity contribution in [2.24, 2.45) is 0 Å². The van der Waals surface area contributed by atoms with Gasteiger partial charge in [0.25, 0.3) is 5.69 Å². The molecule has 0 fully saturated rings. The fourth-order valence-corrected chi connectivity index (χ4v) is 2.35. The molecule has 1 N–H and O–H groups in total. The van der Waals surface area contributed by atoms with Gasteiger partial charge in [-0.05, 0) is 0 Å². The molecular weight excluding hydrogens is 319 g/mol. The van der Waals surface area contributed by atoms with Gasteiger partial charge in [0.2, 0.25) is 0 Å². The highest BCUT2D eigenvalue weighted by atomic mass is 35.5. The van der Waals surface area contributed by atoms with E-state index in [2.05, 4.69) is 10.3 Å². The van der Waals surface area contributed by atoms with E-state index < -0.39 is 33.7 Å². The average molecular weight is 324 g/mol. The van der Waals surface area contributed by atoms with E-state index >= 15 is 0 Å². The quantitative estimate of drug-likeness (QED) is 0.529. The van der Waals surface area contributed by atoms with Gasteiger partial charge in [0.05, 0.1) is 17.5 Å². The Morgan fingerprint density at radius 2 is 2.10 bits per heavy atom. The highest BCUT2D eigenvalue weighted by Gasteiger charge is 2.25. The van der Waals surface area contributed by atoms with E-state index in [1.165, 1.54) is 6.20 Å². The molecular formula is C10H5ClF3N3O2S. The van der Waals surface area contributed by atoms with Gasteiger partial charge in [-0.1, -0.05) is 11.6 Å². The predicted octanol–water partition coefficient (Wildman–Crippen LogP) is 3.73. The summed E-state index contributed by atoms with van der Waals surface area (Å²) in [5.74, 6) is -5.05. The number of aromatic nitrogens is 1. The van der Waals surface area contributed by atoms with Crippen LogP contribution in [0, 0.1) is 27.6 Å². The second-order valence-corrected chi connectivity index (χ2v) is 5.27. The Hall–Kier alpha value is -1.87. The molecule has 0 aliphatic heterocycles. The standard InChI is InChI=1S/C10H5ClF3N3O2S/c11-10-16-3-4(20-10)2-15-9-6(17(18)19)1-5(12)7(13)8(9)14/h1,3,15H,2H2. The Labute approximate surface area is 119 Å². The van der Waals surface area contributed by atoms with Gasteiger partial charge in [0.15, 0.2) is 27.6 Å². The Balaban J connectivity index is 2.34. The van der Waals surface area contributed by atoms with Crippen molar-refractivity contribution in [3.8, 4) is 0 Å². The van der Waals surface area contributed by atoms with E-state index in [4.69, 9.17) is 11.6 Å². The van der Waals surface area contributed by atoms with Gasteiger partial charge in [-0.15, -0.1) is 11.3 Å². The van der Waals surface area contributed by atoms with Gasteiger partial charge in [-0.3, -0.25) is 10.1 Å². The normalized spacial score (nSPS) is 10.6. The van der Waals surface area contributed by atoms with Gasteiger partial charge < -0.3 is 5.32 Å². The molecule has 20 heavy (non-hydrogen) atoms. The molecule has 0 amide bonds. The average Bonchev–Trinajstić information content (AvgIpc) is 2.80. The summed E-state index contributed by atoms with van der Waals surface area (Å²) in [6.07, 6.45) is 1.38. The van der Waals surface area contributed by atoms with Crippen LogP contribution < -0.4 is 5.32 Å². The van der Waals surface area contributed by atoms with Crippen LogP contribution in [0.2, 0.25) is 4.47 Å². The Morgan fingerprint density at radius 3 is 2.65 bits per heavy atom. The maximum atomic E-state index is 13.6. The van der Waals surface area contributed by atoms with Crippen LogP contribution >= 0.6 is 22.9 Å². The molecule has 5 nitrogen and oxygen atoms in total. The molecule has 1 heterocycles. The largest absolute Gasteiger partial charge is 0.372 e. The lowest BCUT2D eigenvalue weighted by atomic mass is 10.2. The van der Waals surface area contributed by atoms with Crippen molar-refractivity contribution in [1.82, 2.24) is 4.98 Å². The highest BCUT2D eigenvalue weighted by molar-refractivity contribution is 7.15. The van der Waals surface area contributed by atoms with E-state index in [-0.39, 0.29) is 11.0 Å². The number of anilines is 1. The van der Waals surface area contributed by atoms with Gasteiger partial charge in [0, 0.05) is 11.1 Å². The highest BCUT2D eigenvalue weighted by Crippen LogP contribution is 2.32. The Morgan fingerprint density at radius 1 is 1.40 bits per heavy atom. The lowest BCUT2D eigenvalue weighted by Gasteiger charge is -2.08. The molecule has 0 atom stereocenters. The smallest absolute Gasteiger partial charge is 0.298 e. The maximum Gasteiger partial charge on any atom is 0.298 e. The van der Waals surface area contributed by atoms with Crippen molar-refractivity contribution in [1.29, 1.82) is 0 Å². The Bertz CT molecular complexity index is 680. The summed E-state index contributed by atoms with van der Waals surface area (Å²) in [4.78, 5) is 14.0. The lowest BCUT2D eigenvalue weighted by molar-refractivity contribution is -0.384. The number of hydrogen-bond donors (Lipinski definition) is 1. The molecule has 1 aromatic carbocycles. The molecule has 0 aliphatic carbocycles. The topological polar surface area (TPSA) is 68.1 Å². The van der Waals surface area contributed by atoms with Crippen LogP contribution in [0.3, 0.4) is 0 Å². The molecule has 2 rings (SSSR count). The van der Waals surface area contributed by atoms with Crippen LogP contribution in [-0.2, 0) is 6.54 Å². The van der Waals surface area contributed by atoms with Gasteiger partial charge >= 0.3 is 0 Å². The summed E-state index contributed by atoms with van der Waals surface area (Å²) >= 11 is 6.66. The number of nitro benzene ring substituents is 1. The first-order valence-electron chi connectivity index (χ1n) is 5.06. The van der Waals surface area contributed by atoms with Crippen LogP contribution in [0.25, 0.3) is 0 Å². The third-order valence-corrected chi connectivity index (χ3v) is 3.42. The van der Waals surface area contributed by atoms with Gasteiger partial charge in [-0.2, -0.15) is 0 Å². The molecule has 106 valence electrons. The molecule has 0 saturated heterocycles. The number of nitro groups is 1. The fourth-order valence-electron chi connectivity index (χ4n) is 1.44. The lowest BCUT2D eigenvalue weighted by Crippen LogP contribution is -2.07. The molecule has 2 aromatic rings. The van der Waals surface area contributed by atoms with E-state index in [1.54, 1.807) is 0 Å². The third kappa shape index (κ3) is 2.83. The number of benzene rings is 1. The summed E-state index contributed by atoms with van der Waals surface area (Å²) in [5.41, 5.74) is -1.62. The second kappa shape index (κ2) is 5.63. The second-order valence-electron chi connectivity index (χ2n) is 3.57. The first-order chi connectivity index (χ1) is 9.40. The van der Waals surface area contributed by atoms with E-state index in [0.29, 0.717) is 10.9 Å². The number of rotatable bonds is 4. The number of hydrogen-bond acceptors (Lipinski definition) is 5. The monoisotopic (exact) mass is 323 g/mol. The maximum absolute atomic E-state index is 13.6. The fraction of sp³-hybridized carbons (Fsp3) is 0.100. The van der Waals surface area contributed by atoms with Crippen molar-refractivity contribution in [3.05, 3.63) is 49.2 Å². The first kappa shape index (κ1) is 14.5. The van der Waals surface area contributed by atoms with E-state index in [1.807, 2.05) is 0 Å². The number of halogens is 4. The van der Waals surface area contributed by atoms with Crippen LogP contribution in [0.1, 0.15) is 4.88 Å². The van der Waals surface area contributed by atoms with Crippen molar-refractivity contribution in [2.45, 2.75) is 6.54 Å². The number of nitrogens with one attached hydrogen (secondary N) is 1. The van der Waals surface area contributed by atoms with E-state index in [0.717, 1.165) is 11.3 Å². The minimum absolute atomic E-state index is 0.0623.